The Morgan fingerprint density at radius 1 is 1.22 bits per heavy atom. The van der Waals surface area contributed by atoms with Gasteiger partial charge in [-0.2, -0.15) is 0 Å². The number of pyridine rings is 1. The lowest BCUT2D eigenvalue weighted by Gasteiger charge is -2.10. The molecule has 0 aliphatic carbocycles. The minimum atomic E-state index is -0.228. The van der Waals surface area contributed by atoms with Crippen LogP contribution in [0.2, 0.25) is 0 Å². The van der Waals surface area contributed by atoms with E-state index in [4.69, 9.17) is 10.5 Å². The van der Waals surface area contributed by atoms with Crippen LogP contribution in [0.1, 0.15) is 17.4 Å². The Labute approximate surface area is 148 Å². The Hall–Kier alpha value is -1.82. The van der Waals surface area contributed by atoms with E-state index in [1.165, 1.54) is 0 Å². The summed E-state index contributed by atoms with van der Waals surface area (Å²) in [4.78, 5) is 16.1. The van der Waals surface area contributed by atoms with Crippen molar-refractivity contribution in [2.75, 3.05) is 13.1 Å². The van der Waals surface area contributed by atoms with E-state index >= 15 is 0 Å². The zero-order valence-corrected chi connectivity index (χ0v) is 14.4. The molecular weight excluding hydrogens is 337 g/mol. The monoisotopic (exact) mass is 357 g/mol. The fourth-order valence-corrected chi connectivity index (χ4v) is 1.66. The van der Waals surface area contributed by atoms with Gasteiger partial charge >= 0.3 is 0 Å². The molecule has 1 heterocycles. The Morgan fingerprint density at radius 3 is 2.57 bits per heavy atom. The van der Waals surface area contributed by atoms with E-state index in [9.17, 15) is 4.79 Å². The van der Waals surface area contributed by atoms with Gasteiger partial charge in [-0.1, -0.05) is 25.1 Å². The number of amides is 1. The standard InChI is InChI=1S/C16H19N3O2.2ClH/c1-12(10-17)11-19-16(20)15-9-14(7-8-18-15)21-13-5-3-2-4-6-13;;/h2-9,12H,10-11,17H2,1H3,(H,19,20);2*1H. The van der Waals surface area contributed by atoms with Crippen LogP contribution in [0.5, 0.6) is 11.5 Å². The highest BCUT2D eigenvalue weighted by Crippen LogP contribution is 2.20. The van der Waals surface area contributed by atoms with E-state index < -0.39 is 0 Å². The molecular formula is C16H21Cl2N3O2. The van der Waals surface area contributed by atoms with Crippen molar-refractivity contribution in [2.24, 2.45) is 11.7 Å². The van der Waals surface area contributed by atoms with Crippen molar-refractivity contribution >= 4 is 30.7 Å². The molecule has 1 aromatic heterocycles. The maximum atomic E-state index is 12.0. The Kier molecular flexibility index (Phi) is 9.97. The Bertz CT molecular complexity index is 597. The van der Waals surface area contributed by atoms with Crippen LogP contribution in [-0.4, -0.2) is 24.0 Å². The van der Waals surface area contributed by atoms with Crippen LogP contribution in [0.15, 0.2) is 48.7 Å². The molecule has 0 spiro atoms. The van der Waals surface area contributed by atoms with Crippen LogP contribution in [0, 0.1) is 5.92 Å². The predicted octanol–water partition coefficient (Wildman–Crippen LogP) is 3.04. The number of carbonyl (C=O) groups is 1. The average Bonchev–Trinajstić information content (AvgIpc) is 2.53. The number of aromatic nitrogens is 1. The van der Waals surface area contributed by atoms with Gasteiger partial charge in [0.2, 0.25) is 0 Å². The van der Waals surface area contributed by atoms with Gasteiger partial charge in [0.15, 0.2) is 0 Å². The van der Waals surface area contributed by atoms with Gasteiger partial charge < -0.3 is 15.8 Å². The Balaban J connectivity index is 0.00000242. The maximum Gasteiger partial charge on any atom is 0.270 e. The summed E-state index contributed by atoms with van der Waals surface area (Å²) in [5.74, 6) is 1.30. The third-order valence-corrected chi connectivity index (χ3v) is 2.96. The summed E-state index contributed by atoms with van der Waals surface area (Å²) in [6.07, 6.45) is 1.56. The van der Waals surface area contributed by atoms with Crippen molar-refractivity contribution in [3.05, 3.63) is 54.4 Å². The lowest BCUT2D eigenvalue weighted by Crippen LogP contribution is -2.31. The third-order valence-electron chi connectivity index (χ3n) is 2.96. The van der Waals surface area contributed by atoms with E-state index in [1.54, 1.807) is 18.3 Å². The number of nitrogens with two attached hydrogens (primary N) is 1. The zero-order chi connectivity index (χ0) is 15.1. The molecule has 2 rings (SSSR count). The first-order chi connectivity index (χ1) is 10.2. The topological polar surface area (TPSA) is 77.2 Å². The SMILES string of the molecule is CC(CN)CNC(=O)c1cc(Oc2ccccc2)ccn1.Cl.Cl. The molecule has 7 heteroatoms. The minimum absolute atomic E-state index is 0. The van der Waals surface area contributed by atoms with Crippen LogP contribution < -0.4 is 15.8 Å². The smallest absolute Gasteiger partial charge is 0.270 e. The number of nitrogens with one attached hydrogen (secondary N) is 1. The summed E-state index contributed by atoms with van der Waals surface area (Å²) in [7, 11) is 0. The number of ether oxygens (including phenoxy) is 1. The molecule has 0 saturated carbocycles. The largest absolute Gasteiger partial charge is 0.457 e. The number of benzene rings is 1. The molecule has 1 aromatic carbocycles. The molecule has 0 bridgehead atoms. The summed E-state index contributed by atoms with van der Waals surface area (Å²) in [6.45, 7) is 3.04. The van der Waals surface area contributed by atoms with Gasteiger partial charge in [-0.25, -0.2) is 0 Å². The Morgan fingerprint density at radius 2 is 1.91 bits per heavy atom. The number of halogens is 2. The highest BCUT2D eigenvalue weighted by atomic mass is 35.5. The summed E-state index contributed by atoms with van der Waals surface area (Å²) >= 11 is 0. The average molecular weight is 358 g/mol. The van der Waals surface area contributed by atoms with Crippen LogP contribution in [0.4, 0.5) is 0 Å². The quantitative estimate of drug-likeness (QED) is 0.832. The first-order valence-electron chi connectivity index (χ1n) is 6.86. The van der Waals surface area contributed by atoms with Gasteiger partial charge in [0.1, 0.15) is 17.2 Å². The number of hydrogen-bond acceptors (Lipinski definition) is 4. The van der Waals surface area contributed by atoms with Crippen molar-refractivity contribution in [2.45, 2.75) is 6.92 Å². The molecule has 5 nitrogen and oxygen atoms in total. The molecule has 0 aliphatic rings. The molecule has 1 amide bonds. The molecule has 23 heavy (non-hydrogen) atoms. The summed E-state index contributed by atoms with van der Waals surface area (Å²) in [6, 6.07) is 12.7. The van der Waals surface area contributed by atoms with E-state index in [1.807, 2.05) is 37.3 Å². The zero-order valence-electron chi connectivity index (χ0n) is 12.8. The number of para-hydroxylation sites is 1. The van der Waals surface area contributed by atoms with Crippen LogP contribution >= 0.6 is 24.8 Å². The van der Waals surface area contributed by atoms with Crippen LogP contribution in [-0.2, 0) is 0 Å². The maximum absolute atomic E-state index is 12.0. The lowest BCUT2D eigenvalue weighted by atomic mass is 10.2. The van der Waals surface area contributed by atoms with Crippen molar-refractivity contribution < 1.29 is 9.53 Å². The fraction of sp³-hybridized carbons (Fsp3) is 0.250. The van der Waals surface area contributed by atoms with Gasteiger partial charge in [0, 0.05) is 18.8 Å². The van der Waals surface area contributed by atoms with Crippen molar-refractivity contribution in [3.63, 3.8) is 0 Å². The minimum Gasteiger partial charge on any atom is -0.457 e. The molecule has 2 aromatic rings. The number of rotatable bonds is 6. The van der Waals surface area contributed by atoms with E-state index in [-0.39, 0.29) is 36.6 Å². The van der Waals surface area contributed by atoms with Gasteiger partial charge in [-0.3, -0.25) is 9.78 Å². The third kappa shape index (κ3) is 6.86. The molecule has 0 fully saturated rings. The highest BCUT2D eigenvalue weighted by molar-refractivity contribution is 5.92. The van der Waals surface area contributed by atoms with Crippen molar-refractivity contribution in [3.8, 4) is 11.5 Å². The summed E-state index contributed by atoms with van der Waals surface area (Å²) in [5, 5.41) is 2.80. The normalized spacial score (nSPS) is 10.7. The van der Waals surface area contributed by atoms with Gasteiger partial charge in [0.25, 0.3) is 5.91 Å². The first-order valence-corrected chi connectivity index (χ1v) is 6.86. The highest BCUT2D eigenvalue weighted by Gasteiger charge is 2.10. The summed E-state index contributed by atoms with van der Waals surface area (Å²) < 4.78 is 5.68. The van der Waals surface area contributed by atoms with Gasteiger partial charge in [-0.15, -0.1) is 24.8 Å². The summed E-state index contributed by atoms with van der Waals surface area (Å²) in [5.41, 5.74) is 5.85. The molecule has 1 unspecified atom stereocenters. The fourth-order valence-electron chi connectivity index (χ4n) is 1.66. The predicted molar refractivity (Wildman–Crippen MR) is 95.8 cm³/mol. The molecule has 0 radical (unpaired) electrons. The number of nitrogens with zero attached hydrogens (tertiary/aromatic N) is 1. The molecule has 1 atom stereocenters. The van der Waals surface area contributed by atoms with Crippen molar-refractivity contribution in [1.29, 1.82) is 0 Å². The second kappa shape index (κ2) is 10.8. The molecule has 0 saturated heterocycles. The van der Waals surface area contributed by atoms with Crippen LogP contribution in [0.25, 0.3) is 0 Å². The first kappa shape index (κ1) is 21.2. The number of hydrogen-bond donors (Lipinski definition) is 2. The van der Waals surface area contributed by atoms with Crippen LogP contribution in [0.3, 0.4) is 0 Å². The van der Waals surface area contributed by atoms with E-state index in [0.29, 0.717) is 30.3 Å². The molecule has 0 aliphatic heterocycles. The number of carbonyl (C=O) groups excluding carboxylic acids is 1. The molecule has 3 N–H and O–H groups in total. The van der Waals surface area contributed by atoms with Crippen molar-refractivity contribution in [1.82, 2.24) is 10.3 Å². The van der Waals surface area contributed by atoms with E-state index in [2.05, 4.69) is 10.3 Å². The van der Waals surface area contributed by atoms with Gasteiger partial charge in [0.05, 0.1) is 0 Å². The van der Waals surface area contributed by atoms with Gasteiger partial charge in [-0.05, 0) is 30.7 Å². The second-order valence-electron chi connectivity index (χ2n) is 4.84. The molecule has 126 valence electrons. The van der Waals surface area contributed by atoms with E-state index in [0.717, 1.165) is 0 Å². The lowest BCUT2D eigenvalue weighted by molar-refractivity contribution is 0.0943. The second-order valence-corrected chi connectivity index (χ2v) is 4.84.